The van der Waals surface area contributed by atoms with Crippen LogP contribution < -0.4 is 5.32 Å². The summed E-state index contributed by atoms with van der Waals surface area (Å²) in [7, 11) is 0. The number of benzene rings is 1. The van der Waals surface area contributed by atoms with Crippen molar-refractivity contribution in [3.05, 3.63) is 28.2 Å². The molecule has 1 saturated carbocycles. The van der Waals surface area contributed by atoms with Gasteiger partial charge in [0.15, 0.2) is 0 Å². The third-order valence-corrected chi connectivity index (χ3v) is 5.71. The zero-order valence-corrected chi connectivity index (χ0v) is 16.4. The summed E-state index contributed by atoms with van der Waals surface area (Å²) in [5.41, 5.74) is -0.445. The molecule has 0 bridgehead atoms. The number of hydrogen-bond acceptors (Lipinski definition) is 2. The Labute approximate surface area is 161 Å². The average Bonchev–Trinajstić information content (AvgIpc) is 3.01. The lowest BCUT2D eigenvalue weighted by molar-refractivity contribution is -0.139. The van der Waals surface area contributed by atoms with Crippen molar-refractivity contribution in [2.75, 3.05) is 18.4 Å². The van der Waals surface area contributed by atoms with E-state index in [-0.39, 0.29) is 18.4 Å². The molecule has 1 aliphatic rings. The molecule has 8 heteroatoms. The number of carbonyl (C=O) groups is 2. The molecule has 1 unspecified atom stereocenters. The smallest absolute Gasteiger partial charge is 0.244 e. The third kappa shape index (κ3) is 4.10. The summed E-state index contributed by atoms with van der Waals surface area (Å²) in [6.07, 6.45) is 1.09. The molecule has 1 N–H and O–H groups in total. The van der Waals surface area contributed by atoms with E-state index in [1.165, 1.54) is 4.90 Å². The van der Waals surface area contributed by atoms with Crippen molar-refractivity contribution in [3.63, 3.8) is 0 Å². The van der Waals surface area contributed by atoms with Crippen molar-refractivity contribution in [1.29, 1.82) is 0 Å². The summed E-state index contributed by atoms with van der Waals surface area (Å²) in [5, 5.41) is 3.50. The molecule has 24 heavy (non-hydrogen) atoms. The average molecular weight is 412 g/mol. The summed E-state index contributed by atoms with van der Waals surface area (Å²) >= 11 is 24.1. The molecule has 1 fully saturated rings. The van der Waals surface area contributed by atoms with Gasteiger partial charge in [0, 0.05) is 11.6 Å². The van der Waals surface area contributed by atoms with E-state index in [9.17, 15) is 9.59 Å². The second kappa shape index (κ2) is 7.28. The van der Waals surface area contributed by atoms with Crippen LogP contribution in [0.1, 0.15) is 26.7 Å². The van der Waals surface area contributed by atoms with Crippen LogP contribution in [0.3, 0.4) is 0 Å². The van der Waals surface area contributed by atoms with Crippen molar-refractivity contribution in [1.82, 2.24) is 4.90 Å². The Kier molecular flexibility index (Phi) is 5.96. The Hall–Kier alpha value is -0.680. The van der Waals surface area contributed by atoms with Gasteiger partial charge in [-0.05, 0) is 38.0 Å². The lowest BCUT2D eigenvalue weighted by Crippen LogP contribution is -2.43. The standard InChI is InChI=1S/C16H18Cl4N2O2/c1-3-6-22(14(24)15(2)9-16(15,19)20)8-13(23)21-12-7-10(17)4-5-11(12)18/h4-5,7H,3,6,8-9H2,1-2H3,(H,21,23). The number of hydrogen-bond donors (Lipinski definition) is 1. The van der Waals surface area contributed by atoms with Crippen LogP contribution in [0.4, 0.5) is 5.69 Å². The summed E-state index contributed by atoms with van der Waals surface area (Å²) in [4.78, 5) is 26.4. The minimum atomic E-state index is -1.07. The van der Waals surface area contributed by atoms with Gasteiger partial charge in [-0.3, -0.25) is 9.59 Å². The lowest BCUT2D eigenvalue weighted by atomic mass is 10.1. The van der Waals surface area contributed by atoms with Gasteiger partial charge < -0.3 is 10.2 Å². The number of nitrogens with one attached hydrogen (secondary N) is 1. The second-order valence-electron chi connectivity index (χ2n) is 6.11. The highest BCUT2D eigenvalue weighted by molar-refractivity contribution is 6.53. The SMILES string of the molecule is CCCN(CC(=O)Nc1cc(Cl)ccc1Cl)C(=O)C1(C)CC1(Cl)Cl. The van der Waals surface area contributed by atoms with E-state index in [0.29, 0.717) is 35.1 Å². The van der Waals surface area contributed by atoms with E-state index in [1.807, 2.05) is 6.92 Å². The maximum absolute atomic E-state index is 12.7. The largest absolute Gasteiger partial charge is 0.333 e. The number of alkyl halides is 2. The number of anilines is 1. The first-order valence-corrected chi connectivity index (χ1v) is 9.04. The Bertz CT molecular complexity index is 665. The lowest BCUT2D eigenvalue weighted by Gasteiger charge is -2.25. The van der Waals surface area contributed by atoms with E-state index in [1.54, 1.807) is 25.1 Å². The van der Waals surface area contributed by atoms with Crippen LogP contribution in [0, 0.1) is 5.41 Å². The van der Waals surface area contributed by atoms with Crippen molar-refractivity contribution < 1.29 is 9.59 Å². The van der Waals surface area contributed by atoms with Gasteiger partial charge in [0.1, 0.15) is 4.33 Å². The molecule has 4 nitrogen and oxygen atoms in total. The molecule has 1 aromatic rings. The molecule has 0 spiro atoms. The van der Waals surface area contributed by atoms with Crippen LogP contribution in [0.2, 0.25) is 10.0 Å². The molecular formula is C16H18Cl4N2O2. The van der Waals surface area contributed by atoms with Gasteiger partial charge >= 0.3 is 0 Å². The van der Waals surface area contributed by atoms with Gasteiger partial charge in [-0.25, -0.2) is 0 Å². The summed E-state index contributed by atoms with van der Waals surface area (Å²) < 4.78 is -1.07. The number of carbonyl (C=O) groups excluding carboxylic acids is 2. The first-order valence-electron chi connectivity index (χ1n) is 7.53. The molecule has 1 aliphatic carbocycles. The van der Waals surface area contributed by atoms with Crippen LogP contribution >= 0.6 is 46.4 Å². The highest BCUT2D eigenvalue weighted by atomic mass is 35.5. The van der Waals surface area contributed by atoms with Crippen LogP contribution in [0.25, 0.3) is 0 Å². The summed E-state index contributed by atoms with van der Waals surface area (Å²) in [6, 6.07) is 4.77. The van der Waals surface area contributed by atoms with E-state index >= 15 is 0 Å². The monoisotopic (exact) mass is 410 g/mol. The molecule has 0 aliphatic heterocycles. The molecule has 2 amide bonds. The van der Waals surface area contributed by atoms with Gasteiger partial charge in [-0.15, -0.1) is 23.2 Å². The zero-order valence-electron chi connectivity index (χ0n) is 13.3. The maximum Gasteiger partial charge on any atom is 0.244 e. The normalized spacial score (nSPS) is 21.2. The highest BCUT2D eigenvalue weighted by Gasteiger charge is 2.68. The molecule has 132 valence electrons. The van der Waals surface area contributed by atoms with Gasteiger partial charge in [0.05, 0.1) is 22.7 Å². The van der Waals surface area contributed by atoms with E-state index < -0.39 is 9.75 Å². The Morgan fingerprint density at radius 1 is 1.29 bits per heavy atom. The van der Waals surface area contributed by atoms with Crippen molar-refractivity contribution in [3.8, 4) is 0 Å². The van der Waals surface area contributed by atoms with Crippen molar-refractivity contribution in [2.24, 2.45) is 5.41 Å². The van der Waals surface area contributed by atoms with Crippen LogP contribution in [-0.4, -0.2) is 34.1 Å². The van der Waals surface area contributed by atoms with Gasteiger partial charge in [-0.1, -0.05) is 30.1 Å². The van der Waals surface area contributed by atoms with Crippen molar-refractivity contribution in [2.45, 2.75) is 31.0 Å². The molecule has 1 atom stereocenters. The van der Waals surface area contributed by atoms with Gasteiger partial charge in [0.25, 0.3) is 0 Å². The van der Waals surface area contributed by atoms with Crippen LogP contribution in [0.5, 0.6) is 0 Å². The summed E-state index contributed by atoms with van der Waals surface area (Å²) in [5.74, 6) is -0.582. The highest BCUT2D eigenvalue weighted by Crippen LogP contribution is 2.64. The number of halogens is 4. The first kappa shape index (κ1) is 19.6. The fourth-order valence-corrected chi connectivity index (χ4v) is 3.49. The quantitative estimate of drug-likeness (QED) is 0.686. The fourth-order valence-electron chi connectivity index (χ4n) is 2.46. The fraction of sp³-hybridized carbons (Fsp3) is 0.500. The predicted octanol–water partition coefficient (Wildman–Crippen LogP) is 4.75. The number of rotatable bonds is 6. The molecule has 2 rings (SSSR count). The third-order valence-electron chi connectivity index (χ3n) is 4.05. The van der Waals surface area contributed by atoms with Crippen molar-refractivity contribution >= 4 is 63.9 Å². The number of nitrogens with zero attached hydrogens (tertiary/aromatic N) is 1. The second-order valence-corrected chi connectivity index (χ2v) is 8.44. The van der Waals surface area contributed by atoms with Gasteiger partial charge in [0.2, 0.25) is 11.8 Å². The van der Waals surface area contributed by atoms with Crippen LogP contribution in [-0.2, 0) is 9.59 Å². The minimum Gasteiger partial charge on any atom is -0.333 e. The van der Waals surface area contributed by atoms with Gasteiger partial charge in [-0.2, -0.15) is 0 Å². The molecule has 0 heterocycles. The maximum atomic E-state index is 12.7. The Balaban J connectivity index is 2.06. The molecule has 0 radical (unpaired) electrons. The molecular weight excluding hydrogens is 394 g/mol. The Morgan fingerprint density at radius 3 is 2.46 bits per heavy atom. The van der Waals surface area contributed by atoms with Crippen LogP contribution in [0.15, 0.2) is 18.2 Å². The van der Waals surface area contributed by atoms with E-state index in [2.05, 4.69) is 5.32 Å². The van der Waals surface area contributed by atoms with E-state index in [4.69, 9.17) is 46.4 Å². The number of amides is 2. The molecule has 0 saturated heterocycles. The Morgan fingerprint density at radius 2 is 1.92 bits per heavy atom. The predicted molar refractivity (Wildman–Crippen MR) is 99.1 cm³/mol. The topological polar surface area (TPSA) is 49.4 Å². The zero-order chi connectivity index (χ0) is 18.1. The first-order chi connectivity index (χ1) is 11.1. The molecule has 1 aromatic carbocycles. The molecule has 0 aromatic heterocycles. The van der Waals surface area contributed by atoms with E-state index in [0.717, 1.165) is 0 Å². The summed E-state index contributed by atoms with van der Waals surface area (Å²) in [6.45, 7) is 3.98. The minimum absolute atomic E-state index is 0.102.